The van der Waals surface area contributed by atoms with Gasteiger partial charge in [0.1, 0.15) is 0 Å². The third kappa shape index (κ3) is 3.58. The Kier molecular flexibility index (Phi) is 3.67. The molecule has 15 heavy (non-hydrogen) atoms. The molecule has 0 radical (unpaired) electrons. The maximum Gasteiger partial charge on any atom is 0.248 e. The van der Waals surface area contributed by atoms with E-state index in [1.165, 1.54) is 11.1 Å². The van der Waals surface area contributed by atoms with E-state index in [4.69, 9.17) is 0 Å². The summed E-state index contributed by atoms with van der Waals surface area (Å²) in [5.74, 6) is -0.0711. The first-order valence-electron chi connectivity index (χ1n) is 5.02. The van der Waals surface area contributed by atoms with Crippen LogP contribution in [0.3, 0.4) is 0 Å². The van der Waals surface area contributed by atoms with Crippen LogP contribution in [-0.2, 0) is 4.79 Å². The molecule has 0 unspecified atom stereocenters. The van der Waals surface area contributed by atoms with Gasteiger partial charge in [-0.2, -0.15) is 0 Å². The fourth-order valence-electron chi connectivity index (χ4n) is 1.26. The Morgan fingerprint density at radius 1 is 1.20 bits per heavy atom. The number of benzene rings is 1. The molecule has 2 nitrogen and oxygen atoms in total. The maximum atomic E-state index is 11.4. The van der Waals surface area contributed by atoms with Crippen LogP contribution in [0, 0.1) is 13.8 Å². The SMILES string of the molecule is CC(C)=CC(=O)Nc1ccc(C)c(C)c1. The molecule has 0 aliphatic carbocycles. The molecule has 0 bridgehead atoms. The number of rotatable bonds is 2. The van der Waals surface area contributed by atoms with Crippen LogP contribution in [-0.4, -0.2) is 5.91 Å². The summed E-state index contributed by atoms with van der Waals surface area (Å²) in [6, 6.07) is 5.90. The number of hydrogen-bond donors (Lipinski definition) is 1. The predicted molar refractivity (Wildman–Crippen MR) is 64.0 cm³/mol. The second-order valence-electron chi connectivity index (χ2n) is 4.01. The van der Waals surface area contributed by atoms with Crippen LogP contribution < -0.4 is 5.32 Å². The molecule has 0 aliphatic heterocycles. The summed E-state index contributed by atoms with van der Waals surface area (Å²) in [4.78, 5) is 11.4. The van der Waals surface area contributed by atoms with E-state index in [1.807, 2.05) is 39.0 Å². The van der Waals surface area contributed by atoms with Crippen molar-refractivity contribution in [1.82, 2.24) is 0 Å². The van der Waals surface area contributed by atoms with E-state index in [0.717, 1.165) is 11.3 Å². The fraction of sp³-hybridized carbons (Fsp3) is 0.308. The summed E-state index contributed by atoms with van der Waals surface area (Å²) in [7, 11) is 0. The number of carbonyl (C=O) groups is 1. The van der Waals surface area contributed by atoms with Gasteiger partial charge in [-0.05, 0) is 51.0 Å². The molecule has 2 heteroatoms. The van der Waals surface area contributed by atoms with Crippen LogP contribution in [0.2, 0.25) is 0 Å². The normalized spacial score (nSPS) is 9.60. The number of nitrogens with one attached hydrogen (secondary N) is 1. The van der Waals surface area contributed by atoms with Crippen LogP contribution in [0.1, 0.15) is 25.0 Å². The Morgan fingerprint density at radius 3 is 2.40 bits per heavy atom. The van der Waals surface area contributed by atoms with Crippen LogP contribution in [0.5, 0.6) is 0 Å². The summed E-state index contributed by atoms with van der Waals surface area (Å²) < 4.78 is 0. The number of amides is 1. The van der Waals surface area contributed by atoms with E-state index < -0.39 is 0 Å². The van der Waals surface area contributed by atoms with Gasteiger partial charge in [-0.1, -0.05) is 11.6 Å². The van der Waals surface area contributed by atoms with Gasteiger partial charge in [0.2, 0.25) is 5.91 Å². The molecule has 0 heterocycles. The minimum atomic E-state index is -0.0711. The Morgan fingerprint density at radius 2 is 1.87 bits per heavy atom. The maximum absolute atomic E-state index is 11.4. The summed E-state index contributed by atoms with van der Waals surface area (Å²) >= 11 is 0. The van der Waals surface area contributed by atoms with Gasteiger partial charge in [0, 0.05) is 11.8 Å². The zero-order valence-corrected chi connectivity index (χ0v) is 9.72. The fourth-order valence-corrected chi connectivity index (χ4v) is 1.26. The highest BCUT2D eigenvalue weighted by atomic mass is 16.1. The lowest BCUT2D eigenvalue weighted by Crippen LogP contribution is -2.08. The molecule has 1 aromatic carbocycles. The van der Waals surface area contributed by atoms with Gasteiger partial charge in [-0.25, -0.2) is 0 Å². The Bertz CT molecular complexity index is 401. The van der Waals surface area contributed by atoms with Gasteiger partial charge >= 0.3 is 0 Å². The lowest BCUT2D eigenvalue weighted by Gasteiger charge is -2.05. The van der Waals surface area contributed by atoms with E-state index in [-0.39, 0.29) is 5.91 Å². The van der Waals surface area contributed by atoms with E-state index in [2.05, 4.69) is 12.2 Å². The minimum Gasteiger partial charge on any atom is -0.323 e. The van der Waals surface area contributed by atoms with Crippen LogP contribution >= 0.6 is 0 Å². The third-order valence-corrected chi connectivity index (χ3v) is 2.19. The molecular formula is C13H17NO. The lowest BCUT2D eigenvalue weighted by atomic mass is 10.1. The van der Waals surface area contributed by atoms with E-state index in [9.17, 15) is 4.79 Å². The van der Waals surface area contributed by atoms with Crippen LogP contribution in [0.25, 0.3) is 0 Å². The van der Waals surface area contributed by atoms with Crippen molar-refractivity contribution in [2.45, 2.75) is 27.7 Å². The second-order valence-corrected chi connectivity index (χ2v) is 4.01. The molecule has 0 fully saturated rings. The highest BCUT2D eigenvalue weighted by molar-refractivity contribution is 5.99. The molecule has 1 amide bonds. The zero-order chi connectivity index (χ0) is 11.4. The monoisotopic (exact) mass is 203 g/mol. The largest absolute Gasteiger partial charge is 0.323 e. The number of allylic oxidation sites excluding steroid dienone is 1. The first-order chi connectivity index (χ1) is 6.99. The Hall–Kier alpha value is -1.57. The molecule has 80 valence electrons. The molecule has 0 saturated heterocycles. The van der Waals surface area contributed by atoms with Gasteiger partial charge in [-0.15, -0.1) is 0 Å². The van der Waals surface area contributed by atoms with Crippen molar-refractivity contribution in [1.29, 1.82) is 0 Å². The molecular weight excluding hydrogens is 186 g/mol. The molecule has 0 aliphatic rings. The number of hydrogen-bond acceptors (Lipinski definition) is 1. The van der Waals surface area contributed by atoms with Crippen LogP contribution in [0.15, 0.2) is 29.8 Å². The highest BCUT2D eigenvalue weighted by Gasteiger charge is 1.99. The number of aryl methyl sites for hydroxylation is 2. The Balaban J connectivity index is 2.78. The smallest absolute Gasteiger partial charge is 0.248 e. The first-order valence-corrected chi connectivity index (χ1v) is 5.02. The van der Waals surface area contributed by atoms with E-state index in [1.54, 1.807) is 6.08 Å². The summed E-state index contributed by atoms with van der Waals surface area (Å²) in [5.41, 5.74) is 4.26. The van der Waals surface area contributed by atoms with Crippen molar-refractivity contribution in [2.24, 2.45) is 0 Å². The Labute approximate surface area is 91.0 Å². The molecule has 0 aromatic heterocycles. The van der Waals surface area contributed by atoms with Crippen molar-refractivity contribution >= 4 is 11.6 Å². The number of anilines is 1. The van der Waals surface area contributed by atoms with Gasteiger partial charge in [0.05, 0.1) is 0 Å². The molecule has 0 atom stereocenters. The van der Waals surface area contributed by atoms with Gasteiger partial charge in [-0.3, -0.25) is 4.79 Å². The van der Waals surface area contributed by atoms with Gasteiger partial charge in [0.15, 0.2) is 0 Å². The van der Waals surface area contributed by atoms with Crippen molar-refractivity contribution in [3.8, 4) is 0 Å². The van der Waals surface area contributed by atoms with Crippen molar-refractivity contribution in [3.05, 3.63) is 41.0 Å². The topological polar surface area (TPSA) is 29.1 Å². The lowest BCUT2D eigenvalue weighted by molar-refractivity contribution is -0.111. The van der Waals surface area contributed by atoms with Crippen molar-refractivity contribution in [3.63, 3.8) is 0 Å². The minimum absolute atomic E-state index is 0.0711. The molecule has 0 spiro atoms. The third-order valence-electron chi connectivity index (χ3n) is 2.19. The average Bonchev–Trinajstić information content (AvgIpc) is 2.10. The summed E-state index contributed by atoms with van der Waals surface area (Å²) in [6.07, 6.45) is 1.59. The van der Waals surface area contributed by atoms with Crippen molar-refractivity contribution in [2.75, 3.05) is 5.32 Å². The van der Waals surface area contributed by atoms with E-state index >= 15 is 0 Å². The average molecular weight is 203 g/mol. The molecule has 1 N–H and O–H groups in total. The molecule has 1 aromatic rings. The van der Waals surface area contributed by atoms with Gasteiger partial charge in [0.25, 0.3) is 0 Å². The second kappa shape index (κ2) is 4.78. The zero-order valence-electron chi connectivity index (χ0n) is 9.72. The van der Waals surface area contributed by atoms with Crippen molar-refractivity contribution < 1.29 is 4.79 Å². The predicted octanol–water partition coefficient (Wildman–Crippen LogP) is 3.21. The molecule has 1 rings (SSSR count). The van der Waals surface area contributed by atoms with Crippen LogP contribution in [0.4, 0.5) is 5.69 Å². The molecule has 0 saturated carbocycles. The first kappa shape index (κ1) is 11.5. The summed E-state index contributed by atoms with van der Waals surface area (Å²) in [5, 5.41) is 2.83. The summed E-state index contributed by atoms with van der Waals surface area (Å²) in [6.45, 7) is 7.89. The number of carbonyl (C=O) groups excluding carboxylic acids is 1. The quantitative estimate of drug-likeness (QED) is 0.735. The van der Waals surface area contributed by atoms with Gasteiger partial charge < -0.3 is 5.32 Å². The highest BCUT2D eigenvalue weighted by Crippen LogP contribution is 2.14. The standard InChI is InChI=1S/C13H17NO/c1-9(2)7-13(15)14-12-6-5-10(3)11(4)8-12/h5-8H,1-4H3,(H,14,15). The van der Waals surface area contributed by atoms with E-state index in [0.29, 0.717) is 0 Å².